The van der Waals surface area contributed by atoms with E-state index in [-0.39, 0.29) is 5.91 Å². The molecule has 0 saturated carbocycles. The summed E-state index contributed by atoms with van der Waals surface area (Å²) in [5, 5.41) is 2.85. The molecule has 2 heterocycles. The summed E-state index contributed by atoms with van der Waals surface area (Å²) < 4.78 is 0. The molecule has 0 bridgehead atoms. The molecule has 0 atom stereocenters. The zero-order valence-corrected chi connectivity index (χ0v) is 14.3. The number of nitrogens with zero attached hydrogens (tertiary/aromatic N) is 3. The third-order valence-electron chi connectivity index (χ3n) is 4.36. The molecule has 126 valence electrons. The maximum Gasteiger partial charge on any atom is 0.256 e. The van der Waals surface area contributed by atoms with Crippen molar-refractivity contribution in [1.82, 2.24) is 4.98 Å². The Kier molecular flexibility index (Phi) is 4.99. The molecule has 1 aliphatic heterocycles. The van der Waals surface area contributed by atoms with E-state index in [1.165, 1.54) is 19.3 Å². The molecule has 0 radical (unpaired) electrons. The average Bonchev–Trinajstić information content (AvgIpc) is 2.63. The molecule has 1 aromatic carbocycles. The number of benzene rings is 1. The van der Waals surface area contributed by atoms with Crippen LogP contribution in [0, 0.1) is 0 Å². The van der Waals surface area contributed by atoms with Gasteiger partial charge in [-0.05, 0) is 55.7 Å². The molecule has 0 aliphatic carbocycles. The van der Waals surface area contributed by atoms with Gasteiger partial charge in [0.2, 0.25) is 0 Å². The van der Waals surface area contributed by atoms with Gasteiger partial charge in [-0.15, -0.1) is 0 Å². The van der Waals surface area contributed by atoms with Crippen molar-refractivity contribution in [1.29, 1.82) is 0 Å². The maximum absolute atomic E-state index is 12.3. The first-order valence-electron chi connectivity index (χ1n) is 8.43. The Labute approximate surface area is 143 Å². The Morgan fingerprint density at radius 1 is 1.04 bits per heavy atom. The van der Waals surface area contributed by atoms with E-state index < -0.39 is 0 Å². The van der Waals surface area contributed by atoms with Gasteiger partial charge in [0.05, 0.1) is 11.9 Å². The summed E-state index contributed by atoms with van der Waals surface area (Å²) in [5.41, 5.74) is 2.82. The summed E-state index contributed by atoms with van der Waals surface area (Å²) in [5.74, 6) is 0.441. The van der Waals surface area contributed by atoms with Crippen molar-refractivity contribution >= 4 is 23.1 Å². The molecule has 1 N–H and O–H groups in total. The van der Waals surface area contributed by atoms with Crippen LogP contribution in [-0.4, -0.2) is 38.1 Å². The lowest BCUT2D eigenvalue weighted by atomic mass is 10.1. The van der Waals surface area contributed by atoms with Crippen LogP contribution >= 0.6 is 0 Å². The number of aromatic nitrogens is 1. The van der Waals surface area contributed by atoms with Crippen molar-refractivity contribution in [2.75, 3.05) is 42.3 Å². The van der Waals surface area contributed by atoms with E-state index in [1.54, 1.807) is 0 Å². The summed E-state index contributed by atoms with van der Waals surface area (Å²) in [6.45, 7) is 2.18. The highest BCUT2D eigenvalue weighted by Gasteiger charge is 2.12. The van der Waals surface area contributed by atoms with Gasteiger partial charge in [-0.3, -0.25) is 4.79 Å². The minimum Gasteiger partial charge on any atom is -0.378 e. The minimum atomic E-state index is -0.140. The van der Waals surface area contributed by atoms with Crippen LogP contribution in [0.1, 0.15) is 29.6 Å². The molecule has 1 amide bonds. The van der Waals surface area contributed by atoms with Gasteiger partial charge in [-0.2, -0.15) is 0 Å². The van der Waals surface area contributed by atoms with Gasteiger partial charge in [0.15, 0.2) is 0 Å². The summed E-state index contributed by atoms with van der Waals surface area (Å²) in [6, 6.07) is 11.4. The van der Waals surface area contributed by atoms with Crippen LogP contribution in [0.2, 0.25) is 0 Å². The highest BCUT2D eigenvalue weighted by molar-refractivity contribution is 6.03. The molecule has 1 fully saturated rings. The third-order valence-corrected chi connectivity index (χ3v) is 4.36. The number of hydrogen-bond donors (Lipinski definition) is 1. The second-order valence-corrected chi connectivity index (χ2v) is 6.34. The van der Waals surface area contributed by atoms with Gasteiger partial charge in [0.1, 0.15) is 5.82 Å². The molecule has 3 rings (SSSR count). The predicted molar refractivity (Wildman–Crippen MR) is 99.0 cm³/mol. The van der Waals surface area contributed by atoms with Crippen molar-refractivity contribution in [2.45, 2.75) is 19.3 Å². The van der Waals surface area contributed by atoms with E-state index in [1.807, 2.05) is 61.6 Å². The van der Waals surface area contributed by atoms with Gasteiger partial charge < -0.3 is 15.1 Å². The minimum absolute atomic E-state index is 0.140. The van der Waals surface area contributed by atoms with Gasteiger partial charge in [0.25, 0.3) is 5.91 Å². The third kappa shape index (κ3) is 3.85. The molecule has 5 heteroatoms. The first kappa shape index (κ1) is 16.3. The van der Waals surface area contributed by atoms with Crippen LogP contribution in [0.15, 0.2) is 42.6 Å². The summed E-state index contributed by atoms with van der Waals surface area (Å²) in [4.78, 5) is 21.0. The lowest BCUT2D eigenvalue weighted by Crippen LogP contribution is -2.29. The fourth-order valence-electron chi connectivity index (χ4n) is 2.90. The van der Waals surface area contributed by atoms with Crippen molar-refractivity contribution in [2.24, 2.45) is 0 Å². The first-order valence-corrected chi connectivity index (χ1v) is 8.43. The second kappa shape index (κ2) is 7.34. The SMILES string of the molecule is CN(C)c1ccc(C(=O)Nc2ccc(N3CCCCC3)cn2)cc1. The Morgan fingerprint density at radius 3 is 2.33 bits per heavy atom. The standard InChI is InChI=1S/C19H24N4O/c1-22(2)16-8-6-15(7-9-16)19(24)21-18-11-10-17(14-20-18)23-12-4-3-5-13-23/h6-11,14H,3-5,12-13H2,1-2H3,(H,20,21,24). The monoisotopic (exact) mass is 324 g/mol. The van der Waals surface area contributed by atoms with Gasteiger partial charge in [-0.25, -0.2) is 4.98 Å². The lowest BCUT2D eigenvalue weighted by molar-refractivity contribution is 0.102. The highest BCUT2D eigenvalue weighted by Crippen LogP contribution is 2.20. The number of amides is 1. The molecule has 1 saturated heterocycles. The van der Waals surface area contributed by atoms with Crippen molar-refractivity contribution in [3.63, 3.8) is 0 Å². The Bertz CT molecular complexity index is 674. The Morgan fingerprint density at radius 2 is 1.75 bits per heavy atom. The average molecular weight is 324 g/mol. The molecule has 0 spiro atoms. The van der Waals surface area contributed by atoms with Gasteiger partial charge >= 0.3 is 0 Å². The predicted octanol–water partition coefficient (Wildman–Crippen LogP) is 3.39. The molecule has 1 aromatic heterocycles. The van der Waals surface area contributed by atoms with E-state index in [4.69, 9.17) is 0 Å². The van der Waals surface area contributed by atoms with Crippen LogP contribution in [0.5, 0.6) is 0 Å². The van der Waals surface area contributed by atoms with E-state index >= 15 is 0 Å². The smallest absolute Gasteiger partial charge is 0.256 e. The van der Waals surface area contributed by atoms with E-state index in [2.05, 4.69) is 15.2 Å². The number of piperidine rings is 1. The fraction of sp³-hybridized carbons (Fsp3) is 0.368. The van der Waals surface area contributed by atoms with Gasteiger partial charge in [-0.1, -0.05) is 0 Å². The summed E-state index contributed by atoms with van der Waals surface area (Å²) in [7, 11) is 3.95. The number of anilines is 3. The number of carbonyl (C=O) groups excluding carboxylic acids is 1. The molecule has 1 aliphatic rings. The molecule has 0 unspecified atom stereocenters. The Hall–Kier alpha value is -2.56. The number of pyridine rings is 1. The molecule has 5 nitrogen and oxygen atoms in total. The van der Waals surface area contributed by atoms with E-state index in [0.29, 0.717) is 11.4 Å². The van der Waals surface area contributed by atoms with E-state index in [9.17, 15) is 4.79 Å². The van der Waals surface area contributed by atoms with Crippen molar-refractivity contribution < 1.29 is 4.79 Å². The molecular formula is C19H24N4O. The van der Waals surface area contributed by atoms with Crippen molar-refractivity contribution in [3.8, 4) is 0 Å². The van der Waals surface area contributed by atoms with Crippen LogP contribution in [-0.2, 0) is 0 Å². The van der Waals surface area contributed by atoms with E-state index in [0.717, 1.165) is 24.5 Å². The molecule has 24 heavy (non-hydrogen) atoms. The van der Waals surface area contributed by atoms with Crippen LogP contribution in [0.25, 0.3) is 0 Å². The topological polar surface area (TPSA) is 48.5 Å². The zero-order chi connectivity index (χ0) is 16.9. The quantitative estimate of drug-likeness (QED) is 0.936. The maximum atomic E-state index is 12.3. The normalized spacial score (nSPS) is 14.3. The summed E-state index contributed by atoms with van der Waals surface area (Å²) in [6.07, 6.45) is 5.63. The van der Waals surface area contributed by atoms with Crippen LogP contribution in [0.3, 0.4) is 0 Å². The lowest BCUT2D eigenvalue weighted by Gasteiger charge is -2.28. The number of nitrogens with one attached hydrogen (secondary N) is 1. The molecular weight excluding hydrogens is 300 g/mol. The second-order valence-electron chi connectivity index (χ2n) is 6.34. The largest absolute Gasteiger partial charge is 0.378 e. The number of carbonyl (C=O) groups is 1. The Balaban J connectivity index is 1.63. The van der Waals surface area contributed by atoms with Crippen LogP contribution in [0.4, 0.5) is 17.2 Å². The van der Waals surface area contributed by atoms with Gasteiger partial charge in [0, 0.05) is 38.4 Å². The van der Waals surface area contributed by atoms with Crippen molar-refractivity contribution in [3.05, 3.63) is 48.2 Å². The number of hydrogen-bond acceptors (Lipinski definition) is 4. The fourth-order valence-corrected chi connectivity index (χ4v) is 2.90. The molecule has 2 aromatic rings. The zero-order valence-electron chi connectivity index (χ0n) is 14.3. The first-order chi connectivity index (χ1) is 11.6. The van der Waals surface area contributed by atoms with Crippen LogP contribution < -0.4 is 15.1 Å². The summed E-state index contributed by atoms with van der Waals surface area (Å²) >= 11 is 0. The highest BCUT2D eigenvalue weighted by atomic mass is 16.1. The number of rotatable bonds is 4.